The average molecular weight is 279 g/mol. The van der Waals surface area contributed by atoms with E-state index < -0.39 is 0 Å². The smallest absolute Gasteiger partial charge is 0.0808 e. The zero-order valence-electron chi connectivity index (χ0n) is 13.2. The largest absolute Gasteiger partial charge is 0.376 e. The lowest BCUT2D eigenvalue weighted by Gasteiger charge is -2.40. The average Bonchev–Trinajstić information content (AvgIpc) is 2.45. The summed E-state index contributed by atoms with van der Waals surface area (Å²) in [5.41, 5.74) is 0.309. The summed E-state index contributed by atoms with van der Waals surface area (Å²) >= 11 is 0. The van der Waals surface area contributed by atoms with Gasteiger partial charge in [0.15, 0.2) is 0 Å². The van der Waals surface area contributed by atoms with Crippen molar-refractivity contribution in [2.75, 3.05) is 13.2 Å². The highest BCUT2D eigenvalue weighted by molar-refractivity contribution is 4.96. The second-order valence-electron chi connectivity index (χ2n) is 7.47. The molecule has 0 amide bonds. The molecule has 4 unspecified atom stereocenters. The quantitative estimate of drug-likeness (QED) is 0.786. The topological polar surface area (TPSA) is 42.2 Å². The third kappa shape index (κ3) is 4.20. The first-order chi connectivity index (χ1) is 9.50. The number of nitriles is 1. The van der Waals surface area contributed by atoms with Gasteiger partial charge < -0.3 is 9.47 Å². The SMILES string of the molecule is CC(C)(C)C1CCC(C#N)C(OCC2CCCCO2)C1. The fraction of sp³-hybridized carbons (Fsp3) is 0.941. The van der Waals surface area contributed by atoms with Crippen LogP contribution >= 0.6 is 0 Å². The van der Waals surface area contributed by atoms with E-state index in [0.29, 0.717) is 17.9 Å². The maximum absolute atomic E-state index is 9.33. The molecule has 114 valence electrons. The molecule has 0 radical (unpaired) electrons. The molecule has 1 saturated heterocycles. The number of ether oxygens (including phenoxy) is 2. The molecule has 3 nitrogen and oxygen atoms in total. The zero-order valence-corrected chi connectivity index (χ0v) is 13.2. The molecule has 1 saturated carbocycles. The van der Waals surface area contributed by atoms with E-state index in [9.17, 15) is 5.26 Å². The van der Waals surface area contributed by atoms with Crippen LogP contribution in [-0.4, -0.2) is 25.4 Å². The van der Waals surface area contributed by atoms with Crippen LogP contribution in [0.1, 0.15) is 59.3 Å². The molecule has 0 aromatic carbocycles. The second-order valence-corrected chi connectivity index (χ2v) is 7.47. The molecule has 1 heterocycles. The Hall–Kier alpha value is -0.590. The molecule has 2 fully saturated rings. The van der Waals surface area contributed by atoms with Gasteiger partial charge in [0.05, 0.1) is 30.8 Å². The Balaban J connectivity index is 1.87. The van der Waals surface area contributed by atoms with Crippen LogP contribution in [-0.2, 0) is 9.47 Å². The number of hydrogen-bond donors (Lipinski definition) is 0. The molecule has 0 N–H and O–H groups in total. The van der Waals surface area contributed by atoms with Gasteiger partial charge in [-0.1, -0.05) is 20.8 Å². The monoisotopic (exact) mass is 279 g/mol. The Bertz CT molecular complexity index is 336. The van der Waals surface area contributed by atoms with Gasteiger partial charge >= 0.3 is 0 Å². The van der Waals surface area contributed by atoms with Gasteiger partial charge in [-0.25, -0.2) is 0 Å². The lowest BCUT2D eigenvalue weighted by atomic mass is 9.69. The predicted octanol–water partition coefficient (Wildman–Crippen LogP) is 3.93. The predicted molar refractivity (Wildman–Crippen MR) is 79.2 cm³/mol. The van der Waals surface area contributed by atoms with Crippen molar-refractivity contribution < 1.29 is 9.47 Å². The van der Waals surface area contributed by atoms with E-state index in [0.717, 1.165) is 32.3 Å². The third-order valence-corrected chi connectivity index (χ3v) is 4.95. The van der Waals surface area contributed by atoms with E-state index >= 15 is 0 Å². The van der Waals surface area contributed by atoms with Crippen LogP contribution in [0.15, 0.2) is 0 Å². The molecule has 1 aliphatic carbocycles. The van der Waals surface area contributed by atoms with E-state index in [2.05, 4.69) is 26.8 Å². The standard InChI is InChI=1S/C17H29NO2/c1-17(2,3)14-8-7-13(11-18)16(10-14)20-12-15-6-4-5-9-19-15/h13-16H,4-10,12H2,1-3H3. The minimum Gasteiger partial charge on any atom is -0.376 e. The number of hydrogen-bond acceptors (Lipinski definition) is 3. The fourth-order valence-corrected chi connectivity index (χ4v) is 3.42. The van der Waals surface area contributed by atoms with Gasteiger partial charge in [0.25, 0.3) is 0 Å². The maximum Gasteiger partial charge on any atom is 0.0808 e. The molecule has 0 aromatic heterocycles. The van der Waals surface area contributed by atoms with Crippen molar-refractivity contribution in [2.45, 2.75) is 71.5 Å². The van der Waals surface area contributed by atoms with Crippen molar-refractivity contribution in [2.24, 2.45) is 17.3 Å². The first kappa shape index (κ1) is 15.8. The lowest BCUT2D eigenvalue weighted by molar-refractivity contribution is -0.0896. The van der Waals surface area contributed by atoms with Gasteiger partial charge in [-0.2, -0.15) is 5.26 Å². The third-order valence-electron chi connectivity index (χ3n) is 4.95. The molecular formula is C17H29NO2. The minimum absolute atomic E-state index is 0.0668. The van der Waals surface area contributed by atoms with Crippen molar-refractivity contribution in [3.05, 3.63) is 0 Å². The Kier molecular flexibility index (Phi) is 5.46. The first-order valence-electron chi connectivity index (χ1n) is 8.13. The summed E-state index contributed by atoms with van der Waals surface area (Å²) in [4.78, 5) is 0. The Morgan fingerprint density at radius 2 is 2.00 bits per heavy atom. The highest BCUT2D eigenvalue weighted by Gasteiger charge is 2.36. The van der Waals surface area contributed by atoms with Crippen molar-refractivity contribution in [3.8, 4) is 6.07 Å². The maximum atomic E-state index is 9.33. The van der Waals surface area contributed by atoms with E-state index in [1.807, 2.05) is 0 Å². The lowest BCUT2D eigenvalue weighted by Crippen LogP contribution is -2.38. The summed E-state index contributed by atoms with van der Waals surface area (Å²) in [7, 11) is 0. The van der Waals surface area contributed by atoms with Crippen molar-refractivity contribution >= 4 is 0 Å². The van der Waals surface area contributed by atoms with Gasteiger partial charge in [0, 0.05) is 6.61 Å². The van der Waals surface area contributed by atoms with E-state index in [1.54, 1.807) is 0 Å². The highest BCUT2D eigenvalue weighted by atomic mass is 16.5. The van der Waals surface area contributed by atoms with Gasteiger partial charge in [0.2, 0.25) is 0 Å². The van der Waals surface area contributed by atoms with E-state index in [1.165, 1.54) is 12.8 Å². The first-order valence-corrected chi connectivity index (χ1v) is 8.13. The van der Waals surface area contributed by atoms with E-state index in [-0.39, 0.29) is 18.1 Å². The molecule has 2 rings (SSSR count). The van der Waals surface area contributed by atoms with Crippen molar-refractivity contribution in [1.29, 1.82) is 5.26 Å². The Morgan fingerprint density at radius 1 is 1.20 bits per heavy atom. The molecule has 2 aliphatic rings. The fourth-order valence-electron chi connectivity index (χ4n) is 3.42. The molecule has 0 bridgehead atoms. The molecule has 1 aliphatic heterocycles. The van der Waals surface area contributed by atoms with Gasteiger partial charge in [-0.05, 0) is 49.9 Å². The summed E-state index contributed by atoms with van der Waals surface area (Å²) in [5.74, 6) is 0.724. The molecule has 4 atom stereocenters. The van der Waals surface area contributed by atoms with Crippen LogP contribution in [0.3, 0.4) is 0 Å². The van der Waals surface area contributed by atoms with Crippen molar-refractivity contribution in [3.63, 3.8) is 0 Å². The van der Waals surface area contributed by atoms with Gasteiger partial charge in [-0.3, -0.25) is 0 Å². The Labute approximate surface area is 123 Å². The molecule has 0 aromatic rings. The Morgan fingerprint density at radius 3 is 2.60 bits per heavy atom. The normalized spacial score (nSPS) is 35.5. The summed E-state index contributed by atoms with van der Waals surface area (Å²) in [6.45, 7) is 8.42. The summed E-state index contributed by atoms with van der Waals surface area (Å²) < 4.78 is 11.8. The minimum atomic E-state index is 0.0668. The molecule has 20 heavy (non-hydrogen) atoms. The molecule has 3 heteroatoms. The summed E-state index contributed by atoms with van der Waals surface area (Å²) in [6.07, 6.45) is 7.02. The van der Waals surface area contributed by atoms with Crippen LogP contribution in [0, 0.1) is 28.6 Å². The highest BCUT2D eigenvalue weighted by Crippen LogP contribution is 2.41. The van der Waals surface area contributed by atoms with Crippen LogP contribution in [0.4, 0.5) is 0 Å². The van der Waals surface area contributed by atoms with Gasteiger partial charge in [0.1, 0.15) is 0 Å². The summed E-state index contributed by atoms with van der Waals surface area (Å²) in [5, 5.41) is 9.33. The van der Waals surface area contributed by atoms with Crippen LogP contribution < -0.4 is 0 Å². The summed E-state index contributed by atoms with van der Waals surface area (Å²) in [6, 6.07) is 2.45. The van der Waals surface area contributed by atoms with Gasteiger partial charge in [-0.15, -0.1) is 0 Å². The van der Waals surface area contributed by atoms with Crippen LogP contribution in [0.2, 0.25) is 0 Å². The van der Waals surface area contributed by atoms with Crippen molar-refractivity contribution in [1.82, 2.24) is 0 Å². The molecule has 0 spiro atoms. The second kappa shape index (κ2) is 6.91. The van der Waals surface area contributed by atoms with Crippen LogP contribution in [0.25, 0.3) is 0 Å². The van der Waals surface area contributed by atoms with E-state index in [4.69, 9.17) is 9.47 Å². The van der Waals surface area contributed by atoms with Crippen LogP contribution in [0.5, 0.6) is 0 Å². The molecular weight excluding hydrogens is 250 g/mol. The number of nitrogens with zero attached hydrogens (tertiary/aromatic N) is 1. The zero-order chi connectivity index (χ0) is 14.6. The number of rotatable bonds is 3.